The number of hydrogen-bond donors (Lipinski definition) is 0. The van der Waals surface area contributed by atoms with Crippen LogP contribution in [0.3, 0.4) is 0 Å². The summed E-state index contributed by atoms with van der Waals surface area (Å²) in [6.07, 6.45) is 4.21. The van der Waals surface area contributed by atoms with Crippen LogP contribution in [0.25, 0.3) is 0 Å². The molecule has 24 heavy (non-hydrogen) atoms. The van der Waals surface area contributed by atoms with Crippen LogP contribution >= 0.6 is 27.3 Å². The van der Waals surface area contributed by atoms with Gasteiger partial charge in [0.2, 0.25) is 0 Å². The second kappa shape index (κ2) is 6.44. The second-order valence-electron chi connectivity index (χ2n) is 6.48. The summed E-state index contributed by atoms with van der Waals surface area (Å²) in [6.45, 7) is 1.23. The fourth-order valence-electron chi connectivity index (χ4n) is 3.25. The van der Waals surface area contributed by atoms with Crippen molar-refractivity contribution in [2.45, 2.75) is 44.2 Å². The molecule has 2 aromatic heterocycles. The van der Waals surface area contributed by atoms with Gasteiger partial charge in [0.1, 0.15) is 0 Å². The van der Waals surface area contributed by atoms with E-state index in [1.54, 1.807) is 10.7 Å². The lowest BCUT2D eigenvalue weighted by Crippen LogP contribution is -2.40. The van der Waals surface area contributed by atoms with Gasteiger partial charge in [-0.15, -0.1) is 11.3 Å². The van der Waals surface area contributed by atoms with E-state index in [1.165, 1.54) is 11.3 Å². The Balaban J connectivity index is 1.54. The van der Waals surface area contributed by atoms with Gasteiger partial charge in [-0.2, -0.15) is 5.10 Å². The van der Waals surface area contributed by atoms with E-state index < -0.39 is 0 Å². The van der Waals surface area contributed by atoms with Crippen LogP contribution in [0.2, 0.25) is 0 Å². The lowest BCUT2D eigenvalue weighted by Gasteiger charge is -2.24. The van der Waals surface area contributed by atoms with Crippen LogP contribution in [0, 0.1) is 0 Å². The normalized spacial score (nSPS) is 20.5. The van der Waals surface area contributed by atoms with Crippen molar-refractivity contribution in [1.82, 2.24) is 14.7 Å². The predicted molar refractivity (Wildman–Crippen MR) is 96.5 cm³/mol. The molecule has 0 aromatic carbocycles. The minimum Gasteiger partial charge on any atom is -0.333 e. The molecule has 2 aromatic rings. The Bertz CT molecular complexity index is 827. The number of rotatable bonds is 4. The zero-order chi connectivity index (χ0) is 16.7. The first kappa shape index (κ1) is 16.0. The van der Waals surface area contributed by atoms with Crippen LogP contribution in [-0.4, -0.2) is 33.2 Å². The van der Waals surface area contributed by atoms with Crippen molar-refractivity contribution in [1.29, 1.82) is 0 Å². The molecular weight excluding hydrogens is 390 g/mol. The maximum Gasteiger partial charge on any atom is 0.266 e. The second-order valence-corrected chi connectivity index (χ2v) is 8.30. The molecule has 2 aliphatic rings. The first-order valence-corrected chi connectivity index (χ1v) is 9.92. The number of hydrogen-bond acceptors (Lipinski definition) is 4. The van der Waals surface area contributed by atoms with E-state index >= 15 is 0 Å². The van der Waals surface area contributed by atoms with Gasteiger partial charge in [0, 0.05) is 28.4 Å². The Kier molecular flexibility index (Phi) is 4.30. The maximum atomic E-state index is 12.7. The van der Waals surface area contributed by atoms with Crippen molar-refractivity contribution >= 4 is 33.2 Å². The van der Waals surface area contributed by atoms with Crippen LogP contribution < -0.4 is 5.56 Å². The van der Waals surface area contributed by atoms with E-state index in [9.17, 15) is 9.59 Å². The molecule has 1 saturated carbocycles. The molecule has 1 atom stereocenters. The molecule has 1 saturated heterocycles. The van der Waals surface area contributed by atoms with Crippen LogP contribution in [0.5, 0.6) is 0 Å². The van der Waals surface area contributed by atoms with Crippen molar-refractivity contribution < 1.29 is 4.79 Å². The van der Waals surface area contributed by atoms with Gasteiger partial charge in [0.05, 0.1) is 23.2 Å². The number of carbonyl (C=O) groups excluding carboxylic acids is 1. The Labute approximate surface area is 152 Å². The number of halogens is 1. The molecule has 0 radical (unpaired) electrons. The number of thiophene rings is 1. The van der Waals surface area contributed by atoms with E-state index in [0.717, 1.165) is 47.3 Å². The summed E-state index contributed by atoms with van der Waals surface area (Å²) in [4.78, 5) is 27.5. The first-order valence-electron chi connectivity index (χ1n) is 8.25. The topological polar surface area (TPSA) is 55.2 Å². The molecule has 0 bridgehead atoms. The van der Waals surface area contributed by atoms with Gasteiger partial charge in [-0.05, 0) is 53.7 Å². The first-order chi connectivity index (χ1) is 11.6. The molecule has 4 rings (SSSR count). The maximum absolute atomic E-state index is 12.7. The summed E-state index contributed by atoms with van der Waals surface area (Å²) in [6, 6.07) is 5.36. The van der Waals surface area contributed by atoms with Gasteiger partial charge in [-0.3, -0.25) is 9.59 Å². The number of nitrogens with zero attached hydrogens (tertiary/aromatic N) is 3. The highest BCUT2D eigenvalue weighted by molar-refractivity contribution is 9.10. The molecule has 0 N–H and O–H groups in total. The summed E-state index contributed by atoms with van der Waals surface area (Å²) in [5, 5.41) is 6.45. The van der Waals surface area contributed by atoms with Crippen molar-refractivity contribution in [2.75, 3.05) is 6.54 Å². The van der Waals surface area contributed by atoms with Gasteiger partial charge in [-0.1, -0.05) is 0 Å². The molecule has 1 amide bonds. The fraction of sp³-hybridized carbons (Fsp3) is 0.471. The Morgan fingerprint density at radius 1 is 1.33 bits per heavy atom. The van der Waals surface area contributed by atoms with Crippen molar-refractivity contribution in [3.05, 3.63) is 49.0 Å². The molecule has 1 aliphatic heterocycles. The molecule has 1 unspecified atom stereocenters. The van der Waals surface area contributed by atoms with Crippen LogP contribution in [0.4, 0.5) is 0 Å². The molecule has 126 valence electrons. The smallest absolute Gasteiger partial charge is 0.266 e. The zero-order valence-electron chi connectivity index (χ0n) is 13.2. The van der Waals surface area contributed by atoms with E-state index in [1.807, 2.05) is 22.4 Å². The summed E-state index contributed by atoms with van der Waals surface area (Å²) >= 11 is 4.85. The average Bonchev–Trinajstić information content (AvgIpc) is 3.17. The van der Waals surface area contributed by atoms with Crippen molar-refractivity contribution in [3.63, 3.8) is 0 Å². The number of aromatic nitrogens is 2. The summed E-state index contributed by atoms with van der Waals surface area (Å²) in [5.74, 6) is 0.571. The van der Waals surface area contributed by atoms with Gasteiger partial charge >= 0.3 is 0 Å². The van der Waals surface area contributed by atoms with E-state index in [0.29, 0.717) is 12.5 Å². The lowest BCUT2D eigenvalue weighted by atomic mass is 10.2. The minimum atomic E-state index is -0.0856. The number of carbonyl (C=O) groups is 1. The predicted octanol–water partition coefficient (Wildman–Crippen LogP) is 3.25. The lowest BCUT2D eigenvalue weighted by molar-refractivity contribution is 0.0725. The zero-order valence-corrected chi connectivity index (χ0v) is 15.6. The average molecular weight is 408 g/mol. The molecule has 7 heteroatoms. The van der Waals surface area contributed by atoms with Crippen LogP contribution in [0.15, 0.2) is 32.8 Å². The number of likely N-dealkylation sites (tertiary alicyclic amines) is 1. The highest BCUT2D eigenvalue weighted by atomic mass is 79.9. The third kappa shape index (κ3) is 3.19. The minimum absolute atomic E-state index is 0.0398. The Morgan fingerprint density at radius 3 is 2.88 bits per heavy atom. The van der Waals surface area contributed by atoms with E-state index in [-0.39, 0.29) is 17.5 Å². The summed E-state index contributed by atoms with van der Waals surface area (Å²) < 4.78 is 2.48. The summed E-state index contributed by atoms with van der Waals surface area (Å²) in [5.41, 5.74) is 0.922. The SMILES string of the molecule is O=C(c1cc(Br)cs1)N1CCCC1Cn1nc(C2CC2)ccc1=O. The third-order valence-corrected chi connectivity index (χ3v) is 6.36. The molecule has 3 heterocycles. The summed E-state index contributed by atoms with van der Waals surface area (Å²) in [7, 11) is 0. The fourth-order valence-corrected chi connectivity index (χ4v) is 4.63. The molecule has 2 fully saturated rings. The van der Waals surface area contributed by atoms with Crippen molar-refractivity contribution in [2.24, 2.45) is 0 Å². The number of amides is 1. The molecule has 0 spiro atoms. The molecule has 5 nitrogen and oxygen atoms in total. The van der Waals surface area contributed by atoms with Crippen molar-refractivity contribution in [3.8, 4) is 0 Å². The molecular formula is C17H18BrN3O2S. The standard InChI is InChI=1S/C17H18BrN3O2S/c18-12-8-15(24-10-12)17(23)20-7-1-2-13(20)9-21-16(22)6-5-14(19-21)11-3-4-11/h5-6,8,10-11,13H,1-4,7,9H2. The van der Waals surface area contributed by atoms with E-state index in [2.05, 4.69) is 21.0 Å². The Hall–Kier alpha value is -1.47. The monoisotopic (exact) mass is 407 g/mol. The van der Waals surface area contributed by atoms with Crippen LogP contribution in [0.1, 0.15) is 47.0 Å². The quantitative estimate of drug-likeness (QED) is 0.781. The van der Waals surface area contributed by atoms with Crippen LogP contribution in [-0.2, 0) is 6.54 Å². The van der Waals surface area contributed by atoms with Gasteiger partial charge in [-0.25, -0.2) is 4.68 Å². The van der Waals surface area contributed by atoms with Gasteiger partial charge in [0.25, 0.3) is 11.5 Å². The third-order valence-electron chi connectivity index (χ3n) is 4.68. The molecule has 1 aliphatic carbocycles. The highest BCUT2D eigenvalue weighted by Crippen LogP contribution is 2.38. The largest absolute Gasteiger partial charge is 0.333 e. The Morgan fingerprint density at radius 2 is 2.17 bits per heavy atom. The van der Waals surface area contributed by atoms with E-state index in [4.69, 9.17) is 0 Å². The highest BCUT2D eigenvalue weighted by Gasteiger charge is 2.31. The van der Waals surface area contributed by atoms with Gasteiger partial charge < -0.3 is 4.90 Å². The van der Waals surface area contributed by atoms with Gasteiger partial charge in [0.15, 0.2) is 0 Å².